The lowest BCUT2D eigenvalue weighted by molar-refractivity contribution is 0.568. The fourth-order valence-electron chi connectivity index (χ4n) is 3.76. The molecule has 1 aliphatic heterocycles. The van der Waals surface area contributed by atoms with Gasteiger partial charge in [0.15, 0.2) is 17.3 Å². The maximum Gasteiger partial charge on any atom is 0.187 e. The van der Waals surface area contributed by atoms with E-state index >= 15 is 0 Å². The summed E-state index contributed by atoms with van der Waals surface area (Å²) in [6, 6.07) is 4.03. The average molecular weight is 412 g/mol. The molecule has 0 unspecified atom stereocenters. The lowest BCUT2D eigenvalue weighted by atomic mass is 9.93. The summed E-state index contributed by atoms with van der Waals surface area (Å²) in [5.74, 6) is 1.05. The molecule has 0 aromatic carbocycles. The van der Waals surface area contributed by atoms with Gasteiger partial charge < -0.3 is 9.80 Å². The van der Waals surface area contributed by atoms with Crippen molar-refractivity contribution in [1.82, 2.24) is 24.6 Å². The minimum atomic E-state index is -0.298. The van der Waals surface area contributed by atoms with E-state index < -0.39 is 0 Å². The molecule has 3 aromatic rings. The monoisotopic (exact) mass is 411 g/mol. The summed E-state index contributed by atoms with van der Waals surface area (Å²) in [7, 11) is 0. The molecular formula is C22H30FN7. The summed E-state index contributed by atoms with van der Waals surface area (Å²) in [6.45, 7) is 13.4. The van der Waals surface area contributed by atoms with Gasteiger partial charge in [-0.25, -0.2) is 23.9 Å². The Labute approximate surface area is 177 Å². The van der Waals surface area contributed by atoms with E-state index in [2.05, 4.69) is 35.6 Å². The number of aromatic nitrogens is 5. The van der Waals surface area contributed by atoms with Crippen LogP contribution in [0, 0.1) is 5.82 Å². The first-order valence-corrected chi connectivity index (χ1v) is 10.6. The number of hydrogen-bond donors (Lipinski definition) is 0. The van der Waals surface area contributed by atoms with Gasteiger partial charge >= 0.3 is 0 Å². The van der Waals surface area contributed by atoms with E-state index in [-0.39, 0.29) is 17.2 Å². The molecule has 3 aromatic heterocycles. The number of nitrogens with zero attached hydrogens (tertiary/aromatic N) is 7. The van der Waals surface area contributed by atoms with Gasteiger partial charge in [0.1, 0.15) is 12.1 Å². The predicted molar refractivity (Wildman–Crippen MR) is 117 cm³/mol. The molecule has 1 fully saturated rings. The van der Waals surface area contributed by atoms with E-state index in [0.29, 0.717) is 18.1 Å². The minimum Gasteiger partial charge on any atom is -0.353 e. The molecular weight excluding hydrogens is 381 g/mol. The maximum absolute atomic E-state index is 14.9. The molecule has 30 heavy (non-hydrogen) atoms. The van der Waals surface area contributed by atoms with Gasteiger partial charge in [0.2, 0.25) is 0 Å². The van der Waals surface area contributed by atoms with Crippen molar-refractivity contribution >= 4 is 17.3 Å². The molecule has 0 aliphatic carbocycles. The van der Waals surface area contributed by atoms with E-state index in [1.54, 1.807) is 0 Å². The third-order valence-corrected chi connectivity index (χ3v) is 5.54. The molecule has 7 nitrogen and oxygen atoms in total. The summed E-state index contributed by atoms with van der Waals surface area (Å²) in [5, 5.41) is 4.79. The van der Waals surface area contributed by atoms with Gasteiger partial charge in [0.05, 0.1) is 17.6 Å². The van der Waals surface area contributed by atoms with Crippen molar-refractivity contribution < 1.29 is 4.39 Å². The number of rotatable bonds is 3. The summed E-state index contributed by atoms with van der Waals surface area (Å²) >= 11 is 0. The number of fused-ring (bicyclic) bond motifs is 1. The Hall–Kier alpha value is -2.77. The maximum atomic E-state index is 14.9. The van der Waals surface area contributed by atoms with Gasteiger partial charge in [-0.15, -0.1) is 5.10 Å². The lowest BCUT2D eigenvalue weighted by Crippen LogP contribution is -2.32. The first kappa shape index (κ1) is 20.5. The smallest absolute Gasteiger partial charge is 0.187 e. The van der Waals surface area contributed by atoms with Gasteiger partial charge in [0.25, 0.3) is 0 Å². The van der Waals surface area contributed by atoms with Gasteiger partial charge in [0, 0.05) is 31.6 Å². The van der Waals surface area contributed by atoms with Crippen molar-refractivity contribution in [3.05, 3.63) is 41.9 Å². The topological polar surface area (TPSA) is 62.5 Å². The van der Waals surface area contributed by atoms with Crippen LogP contribution in [0.2, 0.25) is 0 Å². The fourth-order valence-corrected chi connectivity index (χ4v) is 3.76. The first-order valence-electron chi connectivity index (χ1n) is 10.6. The van der Waals surface area contributed by atoms with Crippen molar-refractivity contribution in [3.63, 3.8) is 0 Å². The Kier molecular flexibility index (Phi) is 5.34. The highest BCUT2D eigenvalue weighted by Gasteiger charge is 2.23. The van der Waals surface area contributed by atoms with Crippen LogP contribution < -0.4 is 9.80 Å². The summed E-state index contributed by atoms with van der Waals surface area (Å²) in [5.41, 5.74) is 2.33. The molecule has 0 amide bonds. The summed E-state index contributed by atoms with van der Waals surface area (Å²) in [6.07, 6.45) is 4.38. The van der Waals surface area contributed by atoms with E-state index in [1.165, 1.54) is 6.33 Å². The normalized spacial score (nSPS) is 15.8. The van der Waals surface area contributed by atoms with Crippen molar-refractivity contribution in [3.8, 4) is 0 Å². The molecule has 0 spiro atoms. The Bertz CT molecular complexity index is 1040. The lowest BCUT2D eigenvalue weighted by Gasteiger charge is -2.24. The number of hydrogen-bond acceptors (Lipinski definition) is 6. The van der Waals surface area contributed by atoms with Gasteiger partial charge in [-0.1, -0.05) is 34.6 Å². The van der Waals surface area contributed by atoms with Crippen LogP contribution in [0.5, 0.6) is 0 Å². The number of halogens is 1. The van der Waals surface area contributed by atoms with Crippen LogP contribution >= 0.6 is 0 Å². The quantitative estimate of drug-likeness (QED) is 0.653. The SMILES string of the molecule is CC(C)c1ncnc(N2CCCN(c3ccc4nc(C(C)(C)C)cn4n3)CC2)c1F. The first-order chi connectivity index (χ1) is 14.2. The Morgan fingerprint density at radius 1 is 1.00 bits per heavy atom. The Balaban J connectivity index is 1.54. The van der Waals surface area contributed by atoms with Gasteiger partial charge in [-0.05, 0) is 24.5 Å². The highest BCUT2D eigenvalue weighted by Crippen LogP contribution is 2.25. The largest absolute Gasteiger partial charge is 0.353 e. The molecule has 160 valence electrons. The Morgan fingerprint density at radius 2 is 1.73 bits per heavy atom. The van der Waals surface area contributed by atoms with Gasteiger partial charge in [-0.3, -0.25) is 0 Å². The van der Waals surface area contributed by atoms with Crippen LogP contribution in [0.1, 0.15) is 58.3 Å². The second-order valence-corrected chi connectivity index (χ2v) is 9.25. The third kappa shape index (κ3) is 3.95. The van der Waals surface area contributed by atoms with Crippen molar-refractivity contribution in [1.29, 1.82) is 0 Å². The van der Waals surface area contributed by atoms with Crippen LogP contribution in [-0.2, 0) is 5.41 Å². The summed E-state index contributed by atoms with van der Waals surface area (Å²) < 4.78 is 16.8. The zero-order chi connectivity index (χ0) is 21.5. The average Bonchev–Trinajstić information content (AvgIpc) is 2.98. The molecule has 0 radical (unpaired) electrons. The van der Waals surface area contributed by atoms with Crippen molar-refractivity contribution in [2.45, 2.75) is 52.4 Å². The van der Waals surface area contributed by atoms with Gasteiger partial charge in [-0.2, -0.15) is 0 Å². The molecule has 4 rings (SSSR count). The Morgan fingerprint density at radius 3 is 2.47 bits per heavy atom. The van der Waals surface area contributed by atoms with Crippen LogP contribution in [0.3, 0.4) is 0 Å². The van der Waals surface area contributed by atoms with E-state index in [1.807, 2.05) is 41.6 Å². The van der Waals surface area contributed by atoms with Crippen LogP contribution in [0.25, 0.3) is 5.65 Å². The van der Waals surface area contributed by atoms with E-state index in [0.717, 1.165) is 43.2 Å². The molecule has 1 aliphatic rings. The molecule has 0 N–H and O–H groups in total. The highest BCUT2D eigenvalue weighted by molar-refractivity contribution is 5.48. The fraction of sp³-hybridized carbons (Fsp3) is 0.545. The highest BCUT2D eigenvalue weighted by atomic mass is 19.1. The summed E-state index contributed by atoms with van der Waals surface area (Å²) in [4.78, 5) is 17.3. The second-order valence-electron chi connectivity index (χ2n) is 9.25. The number of imidazole rings is 1. The molecule has 4 heterocycles. The van der Waals surface area contributed by atoms with Crippen LogP contribution in [0.4, 0.5) is 16.0 Å². The van der Waals surface area contributed by atoms with Crippen LogP contribution in [-0.4, -0.2) is 50.7 Å². The van der Waals surface area contributed by atoms with E-state index in [4.69, 9.17) is 10.1 Å². The molecule has 0 atom stereocenters. The van der Waals surface area contributed by atoms with Crippen LogP contribution in [0.15, 0.2) is 24.7 Å². The molecule has 1 saturated heterocycles. The molecule has 8 heteroatoms. The standard InChI is InChI=1S/C22H30FN7/c1-15(2)20-19(23)21(25-14-24-20)29-10-6-9-28(11-12-29)18-8-7-17-26-16(22(3,4)5)13-30(17)27-18/h7-8,13-15H,6,9-12H2,1-5H3. The van der Waals surface area contributed by atoms with E-state index in [9.17, 15) is 4.39 Å². The number of anilines is 2. The molecule has 0 saturated carbocycles. The third-order valence-electron chi connectivity index (χ3n) is 5.54. The van der Waals surface area contributed by atoms with Crippen molar-refractivity contribution in [2.24, 2.45) is 0 Å². The second kappa shape index (κ2) is 7.81. The zero-order valence-electron chi connectivity index (χ0n) is 18.4. The predicted octanol–water partition coefficient (Wildman–Crippen LogP) is 3.80. The minimum absolute atomic E-state index is 0.0204. The zero-order valence-corrected chi connectivity index (χ0v) is 18.4. The van der Waals surface area contributed by atoms with Crippen molar-refractivity contribution in [2.75, 3.05) is 36.0 Å². The molecule has 0 bridgehead atoms.